The normalized spacial score (nSPS) is 11.7. The van der Waals surface area contributed by atoms with Gasteiger partial charge in [0.05, 0.1) is 5.69 Å². The minimum atomic E-state index is -0.796. The largest absolute Gasteiger partial charge is 0.463 e. The van der Waals surface area contributed by atoms with Gasteiger partial charge in [0.2, 0.25) is 5.88 Å². The van der Waals surface area contributed by atoms with Crippen LogP contribution in [-0.4, -0.2) is 21.8 Å². The Hall–Kier alpha value is -3.00. The van der Waals surface area contributed by atoms with Gasteiger partial charge in [-0.05, 0) is 55.0 Å². The number of carbonyl (C=O) groups is 1. The zero-order valence-electron chi connectivity index (χ0n) is 14.9. The van der Waals surface area contributed by atoms with Crippen LogP contribution in [0.4, 0.5) is 10.1 Å². The second-order valence-corrected chi connectivity index (χ2v) is 6.82. The van der Waals surface area contributed by atoms with Crippen molar-refractivity contribution in [2.24, 2.45) is 0 Å². The lowest BCUT2D eigenvalue weighted by Gasteiger charge is -2.17. The van der Waals surface area contributed by atoms with Gasteiger partial charge >= 0.3 is 0 Å². The summed E-state index contributed by atoms with van der Waals surface area (Å²) in [5.41, 5.74) is 0.634. The van der Waals surface area contributed by atoms with Gasteiger partial charge in [-0.3, -0.25) is 9.59 Å². The molecular weight excluding hydrogens is 429 g/mol. The van der Waals surface area contributed by atoms with Crippen molar-refractivity contribution in [3.8, 4) is 11.6 Å². The Morgan fingerprint density at radius 2 is 1.82 bits per heavy atom. The minimum absolute atomic E-state index is 0.113. The number of hydrogen-bond donors (Lipinski definition) is 1. The Morgan fingerprint density at radius 1 is 1.14 bits per heavy atom. The summed E-state index contributed by atoms with van der Waals surface area (Å²) in [5.74, 6) is -0.632. The average Bonchev–Trinajstić information content (AvgIpc) is 2.69. The third kappa shape index (κ3) is 4.83. The molecule has 3 rings (SSSR count). The van der Waals surface area contributed by atoms with E-state index in [1.165, 1.54) is 36.4 Å². The third-order valence-electron chi connectivity index (χ3n) is 3.88. The molecule has 0 spiro atoms. The van der Waals surface area contributed by atoms with Crippen LogP contribution in [0.15, 0.2) is 69.9 Å². The molecule has 0 unspecified atom stereocenters. The molecule has 0 radical (unpaired) electrons. The van der Waals surface area contributed by atoms with Gasteiger partial charge in [-0.15, -0.1) is 5.10 Å². The minimum Gasteiger partial charge on any atom is -0.463 e. The van der Waals surface area contributed by atoms with Gasteiger partial charge < -0.3 is 10.1 Å². The number of anilines is 1. The first-order chi connectivity index (χ1) is 13.5. The molecule has 1 aromatic heterocycles. The summed E-state index contributed by atoms with van der Waals surface area (Å²) in [6.07, 6.45) is -0.394. The smallest absolute Gasteiger partial charge is 0.271 e. The van der Waals surface area contributed by atoms with Crippen LogP contribution < -0.4 is 15.6 Å². The van der Waals surface area contributed by atoms with Crippen LogP contribution in [0.1, 0.15) is 13.3 Å². The standard InChI is InChI=1S/C20H17BrFN3O3/c1-2-17(20(27)23-15-7-3-13(21)4-8-15)28-18-11-12-19(26)25(24-18)16-9-5-14(22)6-10-16/h3-12,17H,2H2,1H3,(H,23,27)/t17-/m1/s1. The number of ether oxygens (including phenoxy) is 1. The van der Waals surface area contributed by atoms with Crippen LogP contribution >= 0.6 is 15.9 Å². The monoisotopic (exact) mass is 445 g/mol. The number of benzene rings is 2. The summed E-state index contributed by atoms with van der Waals surface area (Å²) < 4.78 is 20.8. The summed E-state index contributed by atoms with van der Waals surface area (Å²) in [6, 6.07) is 15.2. The fraction of sp³-hybridized carbons (Fsp3) is 0.150. The van der Waals surface area contributed by atoms with Crippen LogP contribution in [0.2, 0.25) is 0 Å². The van der Waals surface area contributed by atoms with Crippen LogP contribution in [-0.2, 0) is 4.79 Å². The molecule has 0 aliphatic carbocycles. The zero-order chi connectivity index (χ0) is 20.1. The van der Waals surface area contributed by atoms with Crippen LogP contribution in [0.3, 0.4) is 0 Å². The molecule has 0 bridgehead atoms. The maximum absolute atomic E-state index is 13.1. The lowest BCUT2D eigenvalue weighted by molar-refractivity contribution is -0.123. The van der Waals surface area contributed by atoms with Crippen molar-refractivity contribution < 1.29 is 13.9 Å². The number of nitrogens with one attached hydrogen (secondary N) is 1. The first-order valence-corrected chi connectivity index (χ1v) is 9.35. The maximum Gasteiger partial charge on any atom is 0.271 e. The van der Waals surface area contributed by atoms with Crippen molar-refractivity contribution in [2.75, 3.05) is 5.32 Å². The number of halogens is 2. The van der Waals surface area contributed by atoms with Crippen molar-refractivity contribution in [3.05, 3.63) is 81.3 Å². The molecule has 0 aliphatic rings. The Kier molecular flexibility index (Phi) is 6.20. The van der Waals surface area contributed by atoms with Gasteiger partial charge in [0, 0.05) is 22.3 Å². The van der Waals surface area contributed by atoms with E-state index in [-0.39, 0.29) is 11.8 Å². The van der Waals surface area contributed by atoms with E-state index in [0.29, 0.717) is 17.8 Å². The van der Waals surface area contributed by atoms with Crippen LogP contribution in [0.5, 0.6) is 5.88 Å². The van der Waals surface area contributed by atoms with Crippen molar-refractivity contribution in [1.29, 1.82) is 0 Å². The number of amides is 1. The SMILES string of the molecule is CC[C@@H](Oc1ccc(=O)n(-c2ccc(F)cc2)n1)C(=O)Nc1ccc(Br)cc1. The molecule has 1 N–H and O–H groups in total. The van der Waals surface area contributed by atoms with E-state index in [9.17, 15) is 14.0 Å². The highest BCUT2D eigenvalue weighted by Crippen LogP contribution is 2.16. The molecule has 1 amide bonds. The number of carbonyl (C=O) groups excluding carboxylic acids is 1. The molecule has 144 valence electrons. The van der Waals surface area contributed by atoms with Gasteiger partial charge in [-0.2, -0.15) is 4.68 Å². The highest BCUT2D eigenvalue weighted by Gasteiger charge is 2.20. The van der Waals surface area contributed by atoms with E-state index in [4.69, 9.17) is 4.74 Å². The quantitative estimate of drug-likeness (QED) is 0.623. The van der Waals surface area contributed by atoms with Gasteiger partial charge in [0.25, 0.3) is 11.5 Å². The fourth-order valence-electron chi connectivity index (χ4n) is 2.45. The van der Waals surface area contributed by atoms with E-state index in [1.807, 2.05) is 19.1 Å². The predicted molar refractivity (Wildman–Crippen MR) is 107 cm³/mol. The summed E-state index contributed by atoms with van der Waals surface area (Å²) in [5, 5.41) is 6.92. The lowest BCUT2D eigenvalue weighted by Crippen LogP contribution is -2.33. The van der Waals surface area contributed by atoms with Crippen LogP contribution in [0.25, 0.3) is 5.69 Å². The summed E-state index contributed by atoms with van der Waals surface area (Å²) in [4.78, 5) is 24.6. The van der Waals surface area contributed by atoms with Crippen molar-refractivity contribution in [1.82, 2.24) is 9.78 Å². The molecule has 1 atom stereocenters. The molecule has 3 aromatic rings. The number of nitrogens with zero attached hydrogens (tertiary/aromatic N) is 2. The highest BCUT2D eigenvalue weighted by atomic mass is 79.9. The second-order valence-electron chi connectivity index (χ2n) is 5.91. The summed E-state index contributed by atoms with van der Waals surface area (Å²) in [7, 11) is 0. The highest BCUT2D eigenvalue weighted by molar-refractivity contribution is 9.10. The Labute approximate surface area is 169 Å². The van der Waals surface area contributed by atoms with Crippen molar-refractivity contribution in [2.45, 2.75) is 19.4 Å². The lowest BCUT2D eigenvalue weighted by atomic mass is 10.2. The first-order valence-electron chi connectivity index (χ1n) is 8.55. The molecule has 0 saturated heterocycles. The zero-order valence-corrected chi connectivity index (χ0v) is 16.5. The van der Waals surface area contributed by atoms with Gasteiger partial charge in [0.1, 0.15) is 5.82 Å². The molecule has 6 nitrogen and oxygen atoms in total. The molecule has 0 saturated carbocycles. The molecule has 1 heterocycles. The topological polar surface area (TPSA) is 73.2 Å². The second kappa shape index (κ2) is 8.79. The molecule has 0 fully saturated rings. The first kappa shape index (κ1) is 19.8. The molecule has 0 aliphatic heterocycles. The number of hydrogen-bond acceptors (Lipinski definition) is 4. The van der Waals surface area contributed by atoms with Gasteiger partial charge in [0.15, 0.2) is 6.10 Å². The van der Waals surface area contributed by atoms with Gasteiger partial charge in [-0.1, -0.05) is 22.9 Å². The number of aromatic nitrogens is 2. The molecule has 2 aromatic carbocycles. The maximum atomic E-state index is 13.1. The number of rotatable bonds is 6. The Bertz CT molecular complexity index is 1020. The summed E-state index contributed by atoms with van der Waals surface area (Å²) >= 11 is 3.34. The van der Waals surface area contributed by atoms with Crippen LogP contribution in [0, 0.1) is 5.82 Å². The summed E-state index contributed by atoms with van der Waals surface area (Å²) in [6.45, 7) is 1.81. The van der Waals surface area contributed by atoms with Crippen molar-refractivity contribution in [3.63, 3.8) is 0 Å². The Balaban J connectivity index is 1.78. The van der Waals surface area contributed by atoms with Gasteiger partial charge in [-0.25, -0.2) is 4.39 Å². The third-order valence-corrected chi connectivity index (χ3v) is 4.41. The Morgan fingerprint density at radius 3 is 2.46 bits per heavy atom. The molecular formula is C20H17BrFN3O3. The molecule has 28 heavy (non-hydrogen) atoms. The van der Waals surface area contributed by atoms with E-state index in [0.717, 1.165) is 9.15 Å². The van der Waals surface area contributed by atoms with Crippen molar-refractivity contribution >= 4 is 27.5 Å². The average molecular weight is 446 g/mol. The fourth-order valence-corrected chi connectivity index (χ4v) is 2.71. The van der Waals surface area contributed by atoms with E-state index in [1.54, 1.807) is 12.1 Å². The predicted octanol–water partition coefficient (Wildman–Crippen LogP) is 3.93. The molecule has 8 heteroatoms. The van der Waals surface area contributed by atoms with E-state index >= 15 is 0 Å². The van der Waals surface area contributed by atoms with E-state index < -0.39 is 17.5 Å². The van der Waals surface area contributed by atoms with E-state index in [2.05, 4.69) is 26.3 Å².